The van der Waals surface area contributed by atoms with Gasteiger partial charge in [0.2, 0.25) is 0 Å². The van der Waals surface area contributed by atoms with E-state index in [1.165, 1.54) is 103 Å². The first-order chi connectivity index (χ1) is 35.5. The van der Waals surface area contributed by atoms with Crippen LogP contribution in [0.3, 0.4) is 0 Å². The minimum atomic E-state index is 0.560. The second-order valence-electron chi connectivity index (χ2n) is 18.6. The summed E-state index contributed by atoms with van der Waals surface area (Å²) < 4.78 is 26.0. The van der Waals surface area contributed by atoms with E-state index in [1.807, 2.05) is 48.5 Å². The van der Waals surface area contributed by atoms with E-state index in [0.29, 0.717) is 71.7 Å². The van der Waals surface area contributed by atoms with E-state index >= 15 is 0 Å². The summed E-state index contributed by atoms with van der Waals surface area (Å²) in [6, 6.07) is 22.3. The van der Waals surface area contributed by atoms with Crippen molar-refractivity contribution in [2.24, 2.45) is 0 Å². The number of hydrogen-bond donors (Lipinski definition) is 0. The zero-order valence-corrected chi connectivity index (χ0v) is 44.3. The first kappa shape index (κ1) is 58.2. The van der Waals surface area contributed by atoms with Crippen LogP contribution in [-0.4, -0.2) is 39.0 Å². The predicted octanol–water partition coefficient (Wildman–Crippen LogP) is 16.5. The average Bonchev–Trinajstić information content (AvgIpc) is 3.41. The lowest BCUT2D eigenvalue weighted by atomic mass is 10.1. The molecular formula is C66H82O6. The average molecular weight is 971 g/mol. The van der Waals surface area contributed by atoms with E-state index in [2.05, 4.69) is 75.1 Å². The van der Waals surface area contributed by atoms with Crippen molar-refractivity contribution in [1.82, 2.24) is 0 Å². The molecule has 0 fully saturated rings. The molecule has 0 aliphatic carbocycles. The molecule has 0 N–H and O–H groups in total. The minimum Gasteiger partial charge on any atom is -0.492 e. The van der Waals surface area contributed by atoms with Crippen LogP contribution in [0.5, 0.6) is 23.0 Å². The summed E-state index contributed by atoms with van der Waals surface area (Å²) in [6.07, 6.45) is 29.4. The first-order valence-electron chi connectivity index (χ1n) is 27.6. The summed E-state index contributed by atoms with van der Waals surface area (Å²) >= 11 is 0. The Hall–Kier alpha value is -6.34. The van der Waals surface area contributed by atoms with E-state index in [9.17, 15) is 9.59 Å². The van der Waals surface area contributed by atoms with Gasteiger partial charge in [-0.3, -0.25) is 9.59 Å². The van der Waals surface area contributed by atoms with E-state index in [4.69, 9.17) is 18.9 Å². The molecule has 4 aromatic carbocycles. The SMILES string of the molecule is CCCCCCCCOc1cc(C#Cc2ccc(C=O)cc2)c(OCCCCCCCC)cc1C#CC#Cc1cc(OCCCCCCCC)c(C#Cc2ccc(C=O)cc2)cc1OCCCCCCCC. The fraction of sp³-hybridized carbons (Fsp3) is 0.485. The Balaban J connectivity index is 1.75. The lowest BCUT2D eigenvalue weighted by Crippen LogP contribution is -2.03. The fourth-order valence-corrected chi connectivity index (χ4v) is 8.01. The van der Waals surface area contributed by atoms with Gasteiger partial charge in [-0.25, -0.2) is 0 Å². The summed E-state index contributed by atoms with van der Waals surface area (Å²) in [7, 11) is 0. The summed E-state index contributed by atoms with van der Waals surface area (Å²) in [5.74, 6) is 28.8. The smallest absolute Gasteiger partial charge is 0.150 e. The monoisotopic (exact) mass is 971 g/mol. The quantitative estimate of drug-likeness (QED) is 0.0264. The standard InChI is InChI=1S/C66H82O6/c1-5-9-13-17-21-27-45-69-63-51-61(43-41-55-33-37-57(53-67)38-34-55)65(71-47-29-23-19-15-11-7-3)49-59(63)31-25-26-32-60-50-66(72-48-30-24-20-16-12-8-4)62(44-42-56-35-39-58(54-68)40-36-56)52-64(60)70-46-28-22-18-14-10-6-2/h33-40,49-54H,5-24,27-30,45-48H2,1-4H3. The van der Waals surface area contributed by atoms with Gasteiger partial charge in [0, 0.05) is 46.5 Å². The number of carbonyl (C=O) groups excluding carboxylic acids is 2. The maximum Gasteiger partial charge on any atom is 0.150 e. The molecule has 0 amide bonds. The number of aldehydes is 2. The number of rotatable bonds is 34. The number of ether oxygens (including phenoxy) is 4. The second-order valence-corrected chi connectivity index (χ2v) is 18.6. The Morgan fingerprint density at radius 3 is 0.833 bits per heavy atom. The number of unbranched alkanes of at least 4 members (excludes halogenated alkanes) is 20. The molecule has 0 bridgehead atoms. The molecule has 72 heavy (non-hydrogen) atoms. The predicted molar refractivity (Wildman–Crippen MR) is 298 cm³/mol. The second kappa shape index (κ2) is 37.4. The molecule has 4 rings (SSSR count). The van der Waals surface area contributed by atoms with E-state index in [-0.39, 0.29) is 0 Å². The van der Waals surface area contributed by atoms with Crippen LogP contribution in [0.4, 0.5) is 0 Å². The number of hydrogen-bond acceptors (Lipinski definition) is 6. The van der Waals surface area contributed by atoms with Crippen LogP contribution in [0.1, 0.15) is 236 Å². The van der Waals surface area contributed by atoms with Crippen molar-refractivity contribution >= 4 is 12.6 Å². The lowest BCUT2D eigenvalue weighted by Gasteiger charge is -2.14. The van der Waals surface area contributed by atoms with Gasteiger partial charge in [-0.2, -0.15) is 0 Å². The molecule has 0 aliphatic rings. The topological polar surface area (TPSA) is 71.1 Å². The Labute approximate surface area is 435 Å². The Morgan fingerprint density at radius 2 is 0.569 bits per heavy atom. The van der Waals surface area contributed by atoms with Gasteiger partial charge >= 0.3 is 0 Å². The van der Waals surface area contributed by atoms with Gasteiger partial charge in [-0.15, -0.1) is 0 Å². The molecule has 0 aliphatic heterocycles. The maximum atomic E-state index is 11.3. The molecule has 6 heteroatoms. The van der Waals surface area contributed by atoms with E-state index in [1.54, 1.807) is 24.3 Å². The van der Waals surface area contributed by atoms with Gasteiger partial charge in [0.1, 0.15) is 35.6 Å². The normalized spacial score (nSPS) is 10.3. The molecule has 0 saturated heterocycles. The highest BCUT2D eigenvalue weighted by atomic mass is 16.5. The lowest BCUT2D eigenvalue weighted by molar-refractivity contribution is 0.111. The van der Waals surface area contributed by atoms with Crippen LogP contribution >= 0.6 is 0 Å². The third-order valence-corrected chi connectivity index (χ3v) is 12.4. The molecule has 0 unspecified atom stereocenters. The Kier molecular flexibility index (Phi) is 30.3. The van der Waals surface area contributed by atoms with Crippen molar-refractivity contribution in [1.29, 1.82) is 0 Å². The molecule has 0 atom stereocenters. The molecule has 0 spiro atoms. The van der Waals surface area contributed by atoms with Crippen molar-refractivity contribution < 1.29 is 28.5 Å². The highest BCUT2D eigenvalue weighted by Gasteiger charge is 2.13. The molecule has 6 nitrogen and oxygen atoms in total. The fourth-order valence-electron chi connectivity index (χ4n) is 8.01. The number of benzene rings is 4. The summed E-state index contributed by atoms with van der Waals surface area (Å²) in [4.78, 5) is 22.6. The highest BCUT2D eigenvalue weighted by molar-refractivity contribution is 5.75. The van der Waals surface area contributed by atoms with Crippen LogP contribution in [-0.2, 0) is 0 Å². The van der Waals surface area contributed by atoms with Crippen molar-refractivity contribution in [3.63, 3.8) is 0 Å². The maximum absolute atomic E-state index is 11.3. The molecular weight excluding hydrogens is 889 g/mol. The molecule has 382 valence electrons. The zero-order chi connectivity index (χ0) is 51.1. The van der Waals surface area contributed by atoms with Crippen LogP contribution in [0.2, 0.25) is 0 Å². The van der Waals surface area contributed by atoms with Crippen molar-refractivity contribution in [2.45, 2.75) is 182 Å². The Bertz CT molecular complexity index is 2260. The van der Waals surface area contributed by atoms with Crippen LogP contribution in [0, 0.1) is 47.4 Å². The third-order valence-electron chi connectivity index (χ3n) is 12.4. The van der Waals surface area contributed by atoms with Crippen molar-refractivity contribution in [3.05, 3.63) is 117 Å². The summed E-state index contributed by atoms with van der Waals surface area (Å²) in [6.45, 7) is 11.2. The largest absolute Gasteiger partial charge is 0.492 e. The highest BCUT2D eigenvalue weighted by Crippen LogP contribution is 2.31. The summed E-state index contributed by atoms with van der Waals surface area (Å²) in [5, 5.41) is 0. The molecule has 0 heterocycles. The van der Waals surface area contributed by atoms with Crippen molar-refractivity contribution in [3.8, 4) is 70.4 Å². The molecule has 0 radical (unpaired) electrons. The first-order valence-corrected chi connectivity index (χ1v) is 27.6. The molecule has 0 saturated carbocycles. The number of carbonyl (C=O) groups is 2. The van der Waals surface area contributed by atoms with Gasteiger partial charge < -0.3 is 18.9 Å². The van der Waals surface area contributed by atoms with Gasteiger partial charge in [-0.1, -0.05) is 204 Å². The summed E-state index contributed by atoms with van der Waals surface area (Å²) in [5.41, 5.74) is 5.62. The zero-order valence-electron chi connectivity index (χ0n) is 44.3. The van der Waals surface area contributed by atoms with Crippen LogP contribution in [0.15, 0.2) is 72.8 Å². The van der Waals surface area contributed by atoms with Crippen LogP contribution < -0.4 is 18.9 Å². The van der Waals surface area contributed by atoms with Crippen LogP contribution in [0.25, 0.3) is 0 Å². The van der Waals surface area contributed by atoms with Gasteiger partial charge in [0.05, 0.1) is 48.7 Å². The van der Waals surface area contributed by atoms with Gasteiger partial charge in [-0.05, 0) is 73.6 Å². The van der Waals surface area contributed by atoms with Gasteiger partial charge in [0.15, 0.2) is 0 Å². The Morgan fingerprint density at radius 1 is 0.319 bits per heavy atom. The van der Waals surface area contributed by atoms with Gasteiger partial charge in [0.25, 0.3) is 0 Å². The van der Waals surface area contributed by atoms with E-state index in [0.717, 1.165) is 86.2 Å². The van der Waals surface area contributed by atoms with E-state index < -0.39 is 0 Å². The minimum absolute atomic E-state index is 0.560. The molecule has 0 aromatic heterocycles. The molecule has 4 aromatic rings. The third kappa shape index (κ3) is 23.7. The van der Waals surface area contributed by atoms with Crippen molar-refractivity contribution in [2.75, 3.05) is 26.4 Å².